The normalized spacial score (nSPS) is 20.5. The Morgan fingerprint density at radius 1 is 0.875 bits per heavy atom. The summed E-state index contributed by atoms with van der Waals surface area (Å²) in [4.78, 5) is 0.806. The number of benzene rings is 3. The summed E-state index contributed by atoms with van der Waals surface area (Å²) in [5, 5.41) is 2.37. The van der Waals surface area contributed by atoms with Gasteiger partial charge in [0.25, 0.3) is 8.32 Å². The van der Waals surface area contributed by atoms with E-state index in [-0.39, 0.29) is 22.7 Å². The molecule has 5 heteroatoms. The highest BCUT2D eigenvalue weighted by molar-refractivity contribution is 7.85. The van der Waals surface area contributed by atoms with E-state index in [1.807, 2.05) is 43.3 Å². The molecule has 4 rings (SSSR count). The van der Waals surface area contributed by atoms with Crippen LogP contribution in [0, 0.1) is 6.92 Å². The number of ether oxygens (including phenoxy) is 1. The second kappa shape index (κ2) is 9.06. The molecule has 0 spiro atoms. The smallest absolute Gasteiger partial charge is 0.261 e. The predicted molar refractivity (Wildman–Crippen MR) is 134 cm³/mol. The quantitative estimate of drug-likeness (QED) is 0.373. The molecule has 4 atom stereocenters. The number of rotatable bonds is 7. The molecule has 0 bridgehead atoms. The van der Waals surface area contributed by atoms with E-state index in [4.69, 9.17) is 9.16 Å². The Hall–Kier alpha value is -2.05. The monoisotopic (exact) mass is 464 g/mol. The molecule has 1 aliphatic rings. The summed E-state index contributed by atoms with van der Waals surface area (Å²) in [6.07, 6.45) is -0.362. The number of hydrogen-bond acceptors (Lipinski definition) is 3. The lowest BCUT2D eigenvalue weighted by atomic mass is 10.2. The van der Waals surface area contributed by atoms with E-state index >= 15 is 0 Å². The average Bonchev–Trinajstić information content (AvgIpc) is 3.59. The highest BCUT2D eigenvalue weighted by Gasteiger charge is 2.55. The van der Waals surface area contributed by atoms with Gasteiger partial charge in [0.15, 0.2) is 5.44 Å². The van der Waals surface area contributed by atoms with Gasteiger partial charge in [0, 0.05) is 4.90 Å². The maximum Gasteiger partial charge on any atom is 0.261 e. The minimum atomic E-state index is -2.67. The SMILES string of the molecule is Cc1ccc(S(=O)[C@H]2O[C@H]2[C@H](C)O[Si](c2ccccc2)(c2ccccc2)C(C)(C)C)cc1. The van der Waals surface area contributed by atoms with Gasteiger partial charge in [-0.3, -0.25) is 4.21 Å². The van der Waals surface area contributed by atoms with Crippen molar-refractivity contribution in [3.63, 3.8) is 0 Å². The molecule has 1 fully saturated rings. The van der Waals surface area contributed by atoms with Crippen molar-refractivity contribution in [2.24, 2.45) is 0 Å². The summed E-state index contributed by atoms with van der Waals surface area (Å²) in [6.45, 7) is 10.9. The molecule has 3 aromatic rings. The topological polar surface area (TPSA) is 38.8 Å². The molecule has 3 aromatic carbocycles. The first-order valence-corrected chi connectivity index (χ1v) is 14.3. The molecular weight excluding hydrogens is 432 g/mol. The van der Waals surface area contributed by atoms with Gasteiger partial charge in [-0.2, -0.15) is 0 Å². The zero-order valence-electron chi connectivity index (χ0n) is 19.4. The van der Waals surface area contributed by atoms with Crippen LogP contribution in [0.4, 0.5) is 0 Å². The van der Waals surface area contributed by atoms with Crippen LogP contribution in [0.25, 0.3) is 0 Å². The number of aryl methyl sites for hydroxylation is 1. The van der Waals surface area contributed by atoms with E-state index in [1.54, 1.807) is 0 Å². The molecule has 0 aliphatic carbocycles. The molecule has 1 saturated heterocycles. The first-order valence-electron chi connectivity index (χ1n) is 11.2. The van der Waals surface area contributed by atoms with E-state index < -0.39 is 19.1 Å². The van der Waals surface area contributed by atoms with Crippen LogP contribution >= 0.6 is 0 Å². The molecule has 168 valence electrons. The van der Waals surface area contributed by atoms with Gasteiger partial charge in [0.1, 0.15) is 6.10 Å². The van der Waals surface area contributed by atoms with Crippen molar-refractivity contribution < 1.29 is 13.4 Å². The molecule has 0 aromatic heterocycles. The summed E-state index contributed by atoms with van der Waals surface area (Å²) in [6, 6.07) is 29.0. The lowest BCUT2D eigenvalue weighted by molar-refractivity contribution is 0.164. The Balaban J connectivity index is 1.65. The molecule has 0 N–H and O–H groups in total. The highest BCUT2D eigenvalue weighted by Crippen LogP contribution is 2.41. The Morgan fingerprint density at radius 2 is 1.38 bits per heavy atom. The standard InChI is InChI=1S/C27H32O3SSi/c1-20-16-18-22(19-17-20)31(28)26-25(29-26)21(2)30-32(27(3,4)5,23-12-8-6-9-13-23)24-14-10-7-11-15-24/h6-19,21,25-26H,1-5H3/t21-,25-,26+,31?/m0/s1. The Kier molecular flexibility index (Phi) is 6.55. The van der Waals surface area contributed by atoms with E-state index in [0.29, 0.717) is 0 Å². The van der Waals surface area contributed by atoms with Crippen molar-refractivity contribution >= 4 is 29.5 Å². The summed E-state index contributed by atoms with van der Waals surface area (Å²) < 4.78 is 26.1. The van der Waals surface area contributed by atoms with Gasteiger partial charge in [-0.25, -0.2) is 0 Å². The van der Waals surface area contributed by atoms with Gasteiger partial charge in [-0.05, 0) is 41.4 Å². The zero-order valence-corrected chi connectivity index (χ0v) is 21.3. The van der Waals surface area contributed by atoms with Gasteiger partial charge >= 0.3 is 0 Å². The maximum atomic E-state index is 13.1. The summed E-state index contributed by atoms with van der Waals surface area (Å²) in [7, 11) is -3.87. The summed E-state index contributed by atoms with van der Waals surface area (Å²) >= 11 is 0. The van der Waals surface area contributed by atoms with Gasteiger partial charge in [-0.15, -0.1) is 0 Å². The van der Waals surface area contributed by atoms with Crippen LogP contribution < -0.4 is 10.4 Å². The fraction of sp³-hybridized carbons (Fsp3) is 0.333. The molecule has 1 aliphatic heterocycles. The fourth-order valence-corrected chi connectivity index (χ4v) is 10.5. The lowest BCUT2D eigenvalue weighted by Gasteiger charge is -2.44. The van der Waals surface area contributed by atoms with Crippen LogP contribution in [0.2, 0.25) is 5.04 Å². The van der Waals surface area contributed by atoms with Crippen LogP contribution in [0.15, 0.2) is 89.8 Å². The second-order valence-corrected chi connectivity index (χ2v) is 15.3. The molecule has 32 heavy (non-hydrogen) atoms. The van der Waals surface area contributed by atoms with E-state index in [0.717, 1.165) is 10.5 Å². The van der Waals surface area contributed by atoms with Crippen molar-refractivity contribution in [3.8, 4) is 0 Å². The fourth-order valence-electron chi connectivity index (χ4n) is 4.46. The molecule has 0 amide bonds. The Labute approximate surface area is 195 Å². The molecular formula is C27H32O3SSi. The zero-order chi connectivity index (χ0) is 22.9. The van der Waals surface area contributed by atoms with Gasteiger partial charge in [-0.1, -0.05) is 99.1 Å². The maximum absolute atomic E-state index is 13.1. The average molecular weight is 465 g/mol. The predicted octanol–water partition coefficient (Wildman–Crippen LogP) is 4.79. The van der Waals surface area contributed by atoms with E-state index in [2.05, 4.69) is 76.2 Å². The second-order valence-electron chi connectivity index (χ2n) is 9.57. The first kappa shape index (κ1) is 23.1. The van der Waals surface area contributed by atoms with E-state index in [9.17, 15) is 4.21 Å². The minimum Gasteiger partial charge on any atom is -0.402 e. The first-order chi connectivity index (χ1) is 15.2. The minimum absolute atomic E-state index is 0.107. The van der Waals surface area contributed by atoms with Crippen LogP contribution in [-0.4, -0.2) is 30.2 Å². The third-order valence-electron chi connectivity index (χ3n) is 6.19. The third kappa shape index (κ3) is 4.40. The number of epoxide rings is 1. The van der Waals surface area contributed by atoms with Crippen LogP contribution in [0.5, 0.6) is 0 Å². The lowest BCUT2D eigenvalue weighted by Crippen LogP contribution is -2.68. The van der Waals surface area contributed by atoms with Gasteiger partial charge < -0.3 is 9.16 Å². The van der Waals surface area contributed by atoms with Crippen molar-refractivity contribution in [2.45, 2.75) is 62.2 Å². The van der Waals surface area contributed by atoms with Crippen LogP contribution in [-0.2, 0) is 20.0 Å². The molecule has 0 radical (unpaired) electrons. The van der Waals surface area contributed by atoms with Crippen molar-refractivity contribution in [1.29, 1.82) is 0 Å². The Bertz CT molecular complexity index is 1020. The third-order valence-corrected chi connectivity index (χ3v) is 12.9. The summed E-state index contributed by atoms with van der Waals surface area (Å²) in [5.41, 5.74) is 0.827. The summed E-state index contributed by atoms with van der Waals surface area (Å²) in [5.74, 6) is 0. The highest BCUT2D eigenvalue weighted by atomic mass is 32.2. The van der Waals surface area contributed by atoms with Crippen molar-refractivity contribution in [2.75, 3.05) is 0 Å². The number of hydrogen-bond donors (Lipinski definition) is 0. The van der Waals surface area contributed by atoms with Gasteiger partial charge in [0.05, 0.1) is 16.9 Å². The van der Waals surface area contributed by atoms with E-state index in [1.165, 1.54) is 10.4 Å². The van der Waals surface area contributed by atoms with Crippen molar-refractivity contribution in [3.05, 3.63) is 90.5 Å². The molecule has 1 unspecified atom stereocenters. The Morgan fingerprint density at radius 3 is 1.84 bits per heavy atom. The van der Waals surface area contributed by atoms with Crippen LogP contribution in [0.3, 0.4) is 0 Å². The molecule has 0 saturated carbocycles. The van der Waals surface area contributed by atoms with Gasteiger partial charge in [0.2, 0.25) is 0 Å². The molecule has 3 nitrogen and oxygen atoms in total. The van der Waals surface area contributed by atoms with Crippen LogP contribution in [0.1, 0.15) is 33.3 Å². The largest absolute Gasteiger partial charge is 0.402 e. The van der Waals surface area contributed by atoms with Crippen molar-refractivity contribution in [1.82, 2.24) is 0 Å². The molecule has 1 heterocycles.